The van der Waals surface area contributed by atoms with Crippen molar-refractivity contribution in [1.29, 1.82) is 0 Å². The van der Waals surface area contributed by atoms with Gasteiger partial charge in [0, 0.05) is 17.6 Å². The lowest BCUT2D eigenvalue weighted by Crippen LogP contribution is -2.42. The molecule has 0 heterocycles. The van der Waals surface area contributed by atoms with E-state index >= 15 is 0 Å². The number of benzene rings is 1. The van der Waals surface area contributed by atoms with Crippen molar-refractivity contribution in [2.45, 2.75) is 20.8 Å². The first-order valence-corrected chi connectivity index (χ1v) is 6.13. The molecule has 0 unspecified atom stereocenters. The number of urea groups is 1. The molecule has 0 aliphatic heterocycles. The largest absolute Gasteiger partial charge is 0.393 e. The molecule has 0 radical (unpaired) electrons. The first-order valence-electron chi connectivity index (χ1n) is 5.73. The van der Waals surface area contributed by atoms with Gasteiger partial charge in [-0.25, -0.2) is 4.79 Å². The normalized spacial score (nSPS) is 10.8. The molecule has 98 valence electrons. The third kappa shape index (κ3) is 4.33. The lowest BCUT2D eigenvalue weighted by Gasteiger charge is -2.23. The molecule has 4 N–H and O–H groups in total. The van der Waals surface area contributed by atoms with Crippen LogP contribution in [0.1, 0.15) is 19.4 Å². The van der Waals surface area contributed by atoms with Gasteiger partial charge >= 0.3 is 6.03 Å². The summed E-state index contributed by atoms with van der Waals surface area (Å²) in [5.74, 6) is 0. The van der Waals surface area contributed by atoms with Crippen LogP contribution in [0.4, 0.5) is 10.5 Å². The fourth-order valence-corrected chi connectivity index (χ4v) is 1.27. The van der Waals surface area contributed by atoms with Gasteiger partial charge in [0.15, 0.2) is 0 Å². The van der Waals surface area contributed by atoms with Crippen LogP contribution in [0.5, 0.6) is 0 Å². The smallest absolute Gasteiger partial charge is 0.319 e. The molecule has 0 aliphatic carbocycles. The molecule has 1 rings (SSSR count). The average molecular weight is 265 g/mol. The Labute approximate surface area is 113 Å². The van der Waals surface area contributed by atoms with Crippen molar-refractivity contribution >= 4 is 28.9 Å². The molecule has 0 aromatic heterocycles. The number of amides is 2. The summed E-state index contributed by atoms with van der Waals surface area (Å²) in [7, 11) is 0. The number of hydrogen-bond acceptors (Lipinski definition) is 2. The molecule has 0 bridgehead atoms. The van der Waals surface area contributed by atoms with Crippen LogP contribution in [0.15, 0.2) is 24.3 Å². The van der Waals surface area contributed by atoms with E-state index in [0.29, 0.717) is 11.5 Å². The lowest BCUT2D eigenvalue weighted by molar-refractivity contribution is 0.249. The fraction of sp³-hybridized carbons (Fsp3) is 0.385. The monoisotopic (exact) mass is 265 g/mol. The molecule has 0 fully saturated rings. The minimum absolute atomic E-state index is 0.261. The van der Waals surface area contributed by atoms with E-state index in [2.05, 4.69) is 10.6 Å². The van der Waals surface area contributed by atoms with Crippen LogP contribution in [0, 0.1) is 12.3 Å². The second kappa shape index (κ2) is 5.82. The van der Waals surface area contributed by atoms with Crippen LogP contribution in [0.3, 0.4) is 0 Å². The summed E-state index contributed by atoms with van der Waals surface area (Å²) >= 11 is 4.93. The Morgan fingerprint density at radius 1 is 1.33 bits per heavy atom. The molecule has 1 aromatic rings. The number of aryl methyl sites for hydroxylation is 1. The highest BCUT2D eigenvalue weighted by Gasteiger charge is 2.21. The summed E-state index contributed by atoms with van der Waals surface area (Å²) in [5, 5.41) is 5.50. The van der Waals surface area contributed by atoms with E-state index in [0.717, 1.165) is 11.3 Å². The van der Waals surface area contributed by atoms with Crippen molar-refractivity contribution in [3.05, 3.63) is 29.8 Å². The molecule has 0 spiro atoms. The van der Waals surface area contributed by atoms with Crippen LogP contribution in [0.2, 0.25) is 0 Å². The van der Waals surface area contributed by atoms with Gasteiger partial charge in [0.2, 0.25) is 0 Å². The SMILES string of the molecule is Cc1ccc(NC(=O)NCC(C)(C)C(N)=S)cc1. The standard InChI is InChI=1S/C13H19N3OS/c1-9-4-6-10(7-5-9)16-12(17)15-8-13(2,3)11(14)18/h4-7H,8H2,1-3H3,(H2,14,18)(H2,15,16,17). The number of nitrogens with one attached hydrogen (secondary N) is 2. The topological polar surface area (TPSA) is 67.2 Å². The Kier molecular flexibility index (Phi) is 4.67. The van der Waals surface area contributed by atoms with Gasteiger partial charge in [-0.05, 0) is 19.1 Å². The van der Waals surface area contributed by atoms with Gasteiger partial charge < -0.3 is 16.4 Å². The van der Waals surface area contributed by atoms with E-state index in [1.165, 1.54) is 0 Å². The van der Waals surface area contributed by atoms with Crippen molar-refractivity contribution < 1.29 is 4.79 Å². The van der Waals surface area contributed by atoms with Crippen LogP contribution in [-0.2, 0) is 0 Å². The van der Waals surface area contributed by atoms with Crippen molar-refractivity contribution in [3.63, 3.8) is 0 Å². The van der Waals surface area contributed by atoms with Crippen LogP contribution in [0.25, 0.3) is 0 Å². The predicted molar refractivity (Wildman–Crippen MR) is 78.8 cm³/mol. The second-order valence-corrected chi connectivity index (χ2v) is 5.36. The third-order valence-corrected chi connectivity index (χ3v) is 3.22. The van der Waals surface area contributed by atoms with E-state index in [1.54, 1.807) is 0 Å². The minimum atomic E-state index is -0.389. The van der Waals surface area contributed by atoms with Crippen molar-refractivity contribution in [2.75, 3.05) is 11.9 Å². The molecule has 0 saturated carbocycles. The Bertz CT molecular complexity index is 440. The summed E-state index contributed by atoms with van der Waals surface area (Å²) in [6.07, 6.45) is 0. The van der Waals surface area contributed by atoms with Crippen molar-refractivity contribution in [3.8, 4) is 0 Å². The number of rotatable bonds is 4. The van der Waals surface area contributed by atoms with Gasteiger partial charge in [0.25, 0.3) is 0 Å². The maximum atomic E-state index is 11.7. The van der Waals surface area contributed by atoms with Gasteiger partial charge in [-0.3, -0.25) is 0 Å². The first kappa shape index (κ1) is 14.4. The summed E-state index contributed by atoms with van der Waals surface area (Å²) in [6.45, 7) is 6.18. The Morgan fingerprint density at radius 2 is 1.89 bits per heavy atom. The molecule has 0 aliphatic rings. The summed E-state index contributed by atoms with van der Waals surface area (Å²) < 4.78 is 0. The van der Waals surface area contributed by atoms with Gasteiger partial charge in [-0.15, -0.1) is 0 Å². The van der Waals surface area contributed by atoms with Gasteiger partial charge in [0.1, 0.15) is 0 Å². The zero-order chi connectivity index (χ0) is 13.8. The van der Waals surface area contributed by atoms with E-state index < -0.39 is 0 Å². The lowest BCUT2D eigenvalue weighted by atomic mass is 9.94. The molecule has 2 amide bonds. The molecule has 0 saturated heterocycles. The molecular weight excluding hydrogens is 246 g/mol. The molecule has 18 heavy (non-hydrogen) atoms. The summed E-state index contributed by atoms with van der Waals surface area (Å²) in [6, 6.07) is 7.33. The Balaban J connectivity index is 2.48. The zero-order valence-electron chi connectivity index (χ0n) is 10.9. The summed E-state index contributed by atoms with van der Waals surface area (Å²) in [5.41, 5.74) is 7.10. The van der Waals surface area contributed by atoms with Crippen LogP contribution in [-0.4, -0.2) is 17.6 Å². The average Bonchev–Trinajstić information content (AvgIpc) is 2.29. The molecule has 1 aromatic carbocycles. The number of carbonyl (C=O) groups excluding carboxylic acids is 1. The highest BCUT2D eigenvalue weighted by Crippen LogP contribution is 2.13. The number of hydrogen-bond donors (Lipinski definition) is 3. The van der Waals surface area contributed by atoms with Crippen LogP contribution >= 0.6 is 12.2 Å². The molecule has 0 atom stereocenters. The third-order valence-electron chi connectivity index (χ3n) is 2.67. The van der Waals surface area contributed by atoms with Gasteiger partial charge in [-0.1, -0.05) is 43.8 Å². The highest BCUT2D eigenvalue weighted by atomic mass is 32.1. The van der Waals surface area contributed by atoms with Crippen molar-refractivity contribution in [2.24, 2.45) is 11.1 Å². The van der Waals surface area contributed by atoms with Gasteiger partial charge in [0.05, 0.1) is 4.99 Å². The number of carbonyl (C=O) groups is 1. The first-order chi connectivity index (χ1) is 8.31. The van der Waals surface area contributed by atoms with Gasteiger partial charge in [-0.2, -0.15) is 0 Å². The number of thiocarbonyl (C=S) groups is 1. The highest BCUT2D eigenvalue weighted by molar-refractivity contribution is 7.80. The number of nitrogens with two attached hydrogens (primary N) is 1. The van der Waals surface area contributed by atoms with Crippen molar-refractivity contribution in [1.82, 2.24) is 5.32 Å². The molecule has 4 nitrogen and oxygen atoms in total. The molecular formula is C13H19N3OS. The van der Waals surface area contributed by atoms with E-state index in [9.17, 15) is 4.79 Å². The maximum Gasteiger partial charge on any atom is 0.319 e. The minimum Gasteiger partial charge on any atom is -0.393 e. The fourth-order valence-electron chi connectivity index (χ4n) is 1.20. The van der Waals surface area contributed by atoms with E-state index in [1.807, 2.05) is 45.0 Å². The summed E-state index contributed by atoms with van der Waals surface area (Å²) in [4.78, 5) is 12.0. The van der Waals surface area contributed by atoms with E-state index in [-0.39, 0.29) is 11.4 Å². The number of anilines is 1. The second-order valence-electron chi connectivity index (χ2n) is 4.92. The Hall–Kier alpha value is -1.62. The maximum absolute atomic E-state index is 11.7. The molecule has 5 heteroatoms. The Morgan fingerprint density at radius 3 is 2.39 bits per heavy atom. The van der Waals surface area contributed by atoms with E-state index in [4.69, 9.17) is 18.0 Å². The van der Waals surface area contributed by atoms with Crippen LogP contribution < -0.4 is 16.4 Å². The quantitative estimate of drug-likeness (QED) is 0.732. The zero-order valence-corrected chi connectivity index (χ0v) is 11.7. The predicted octanol–water partition coefficient (Wildman–Crippen LogP) is 2.43.